The van der Waals surface area contributed by atoms with Crippen LogP contribution in [0.25, 0.3) is 0 Å². The van der Waals surface area contributed by atoms with E-state index < -0.39 is 46.9 Å². The quantitative estimate of drug-likeness (QED) is 0.161. The Morgan fingerprint density at radius 2 is 0.222 bits per heavy atom. The van der Waals surface area contributed by atoms with Crippen molar-refractivity contribution in [2.45, 2.75) is 0 Å². The summed E-state index contributed by atoms with van der Waals surface area (Å²) in [4.78, 5) is 154. The van der Waals surface area contributed by atoms with E-state index in [2.05, 4.69) is 0 Å². The first kappa shape index (κ1) is 77.9. The van der Waals surface area contributed by atoms with Crippen LogP contribution in [0.15, 0.2) is 0 Å². The van der Waals surface area contributed by atoms with Crippen LogP contribution in [0, 0.1) is 0 Å². The number of hydrogen-bond donors (Lipinski definition) is 0. The third-order valence-corrected chi connectivity index (χ3v) is 0. The molecule has 0 atom stereocenters. The van der Waals surface area contributed by atoms with Crippen molar-refractivity contribution in [2.75, 3.05) is 0 Å². The van der Waals surface area contributed by atoms with Gasteiger partial charge in [0.2, 0.25) is 0 Å². The minimum atomic E-state index is -5.39. The molecule has 0 saturated heterocycles. The van der Waals surface area contributed by atoms with Crippen LogP contribution < -0.4 is 88.1 Å². The van der Waals surface area contributed by atoms with E-state index in [9.17, 15) is 0 Å². The van der Waals surface area contributed by atoms with Gasteiger partial charge >= 0.3 is 128 Å². The molecule has 0 fully saturated rings. The molecule has 0 aliphatic carbocycles. The second-order valence-corrected chi connectivity index (χ2v) is 8.05. The normalized spacial score (nSPS) is 9.83. The van der Waals surface area contributed by atoms with Gasteiger partial charge in [-0.05, 0) is 0 Å². The Morgan fingerprint density at radius 3 is 0.222 bits per heavy atom. The summed E-state index contributed by atoms with van der Waals surface area (Å²) in [5, 5.41) is 0. The number of hydrogen-bond acceptors (Lipinski definition) is 24. The molecule has 36 heteroatoms. The van der Waals surface area contributed by atoms with Gasteiger partial charge in [0, 0.05) is 0 Å². The van der Waals surface area contributed by atoms with Crippen molar-refractivity contribution in [1.29, 1.82) is 0 Å². The van der Waals surface area contributed by atoms with Gasteiger partial charge < -0.3 is 115 Å². The van der Waals surface area contributed by atoms with Gasteiger partial charge in [0.25, 0.3) is 0 Å². The van der Waals surface area contributed by atoms with Gasteiger partial charge in [-0.2, -0.15) is 46.9 Å². The molecule has 0 amide bonds. The Hall–Kier alpha value is 4.79. The van der Waals surface area contributed by atoms with Crippen molar-refractivity contribution < 1.29 is 244 Å². The molecule has 0 heterocycles. The summed E-state index contributed by atoms with van der Waals surface area (Å²) in [6.45, 7) is 0. The SMILES string of the molecule is O=P([O-])([O-])[O-].O=P([O-])([O-])[O-].O=P([O-])([O-])[O-].O=P([O-])([O-])[O-].O=P([O-])([O-])[O-].O=P([O-])([O-])[O-].[Ni+2].[Ni+2].[Ni+2].[Zr+4].[Zr+4].[Zr+4]. The Labute approximate surface area is 287 Å². The number of rotatable bonds is 0. The number of phosphoric acid groups is 6. The fourth-order valence-corrected chi connectivity index (χ4v) is 0. The van der Waals surface area contributed by atoms with Crippen molar-refractivity contribution in [3.8, 4) is 0 Å². The van der Waals surface area contributed by atoms with Gasteiger partial charge in [0.15, 0.2) is 0 Å². The van der Waals surface area contributed by atoms with E-state index in [0.29, 0.717) is 0 Å². The first-order valence-corrected chi connectivity index (χ1v) is 13.1. The first-order chi connectivity index (χ1) is 12.0. The van der Waals surface area contributed by atoms with Crippen molar-refractivity contribution in [1.82, 2.24) is 0 Å². The Balaban J connectivity index is -0.0000000186. The minimum absolute atomic E-state index is 0. The first-order valence-electron chi connectivity index (χ1n) is 4.38. The van der Waals surface area contributed by atoms with Gasteiger partial charge in [0.05, 0.1) is 0 Å². The molecule has 0 aliphatic rings. The fourth-order valence-electron chi connectivity index (χ4n) is 0. The monoisotopic (exact) mass is 1010 g/mol. The molecule has 0 aromatic rings. The van der Waals surface area contributed by atoms with E-state index in [4.69, 9.17) is 115 Å². The summed E-state index contributed by atoms with van der Waals surface area (Å²) in [6.07, 6.45) is 0. The molecule has 0 radical (unpaired) electrons. The zero-order chi connectivity index (χ0) is 27.0. The molecule has 0 spiro atoms. The molecule has 0 saturated carbocycles. The summed E-state index contributed by atoms with van der Waals surface area (Å²) in [6, 6.07) is 0. The average molecular weight is 1020 g/mol. The molecule has 0 aromatic heterocycles. The maximum absolute atomic E-state index is 8.55. The molecule has 0 aliphatic heterocycles. The average Bonchev–Trinajstić information content (AvgIpc) is 1.94. The summed E-state index contributed by atoms with van der Waals surface area (Å²) < 4.78 is 51.3. The summed E-state index contributed by atoms with van der Waals surface area (Å²) in [5.41, 5.74) is 0. The fraction of sp³-hybridized carbons (Fsp3) is 0. The van der Waals surface area contributed by atoms with Gasteiger partial charge in [0.1, 0.15) is 0 Å². The zero-order valence-corrected chi connectivity index (χ0v) is 30.6. The Morgan fingerprint density at radius 1 is 0.222 bits per heavy atom. The van der Waals surface area contributed by atoms with E-state index in [0.717, 1.165) is 0 Å². The second kappa shape index (κ2) is 36.0. The van der Waals surface area contributed by atoms with Gasteiger partial charge in [-0.3, -0.25) is 0 Å². The van der Waals surface area contributed by atoms with Gasteiger partial charge in [-0.25, -0.2) is 0 Å². The van der Waals surface area contributed by atoms with E-state index in [1.807, 2.05) is 0 Å². The summed E-state index contributed by atoms with van der Waals surface area (Å²) in [7, 11) is -32.3. The van der Waals surface area contributed by atoms with Crippen LogP contribution in [-0.4, -0.2) is 0 Å². The smallest absolute Gasteiger partial charge is 0.822 e. The molecular formula is Ni3O24P6Zr3. The molecule has 216 valence electrons. The van der Waals surface area contributed by atoms with Crippen LogP contribution in [0.4, 0.5) is 0 Å². The summed E-state index contributed by atoms with van der Waals surface area (Å²) in [5.74, 6) is 0. The third-order valence-electron chi connectivity index (χ3n) is 0. The maximum atomic E-state index is 8.55. The zero-order valence-electron chi connectivity index (χ0n) is 14.9. The molecule has 0 aromatic carbocycles. The molecule has 0 rings (SSSR count). The Bertz CT molecular complexity index is 483. The van der Waals surface area contributed by atoms with Crippen LogP contribution in [0.1, 0.15) is 0 Å². The van der Waals surface area contributed by atoms with Crippen molar-refractivity contribution in [3.05, 3.63) is 0 Å². The van der Waals surface area contributed by atoms with Crippen LogP contribution in [0.2, 0.25) is 0 Å². The van der Waals surface area contributed by atoms with E-state index >= 15 is 0 Å². The summed E-state index contributed by atoms with van der Waals surface area (Å²) >= 11 is 0. The van der Waals surface area contributed by atoms with Crippen molar-refractivity contribution in [2.24, 2.45) is 0 Å². The molecule has 0 N–H and O–H groups in total. The van der Waals surface area contributed by atoms with E-state index in [1.54, 1.807) is 0 Å². The van der Waals surface area contributed by atoms with Crippen LogP contribution in [-0.2, 0) is 155 Å². The van der Waals surface area contributed by atoms with Gasteiger partial charge in [-0.1, -0.05) is 0 Å². The van der Waals surface area contributed by atoms with Crippen LogP contribution >= 0.6 is 46.9 Å². The predicted octanol–water partition coefficient (Wildman–Crippen LogP) is -17.0. The topological polar surface area (TPSA) is 518 Å². The van der Waals surface area contributed by atoms with E-state index in [-0.39, 0.29) is 128 Å². The molecule has 0 bridgehead atoms. The van der Waals surface area contributed by atoms with Crippen LogP contribution in [0.3, 0.4) is 0 Å². The van der Waals surface area contributed by atoms with Gasteiger partial charge in [-0.15, -0.1) is 0 Å². The molecule has 24 nitrogen and oxygen atoms in total. The molecule has 0 unspecified atom stereocenters. The third kappa shape index (κ3) is 2410. The van der Waals surface area contributed by atoms with E-state index in [1.165, 1.54) is 0 Å². The van der Waals surface area contributed by atoms with Crippen molar-refractivity contribution >= 4 is 46.9 Å². The molecule has 36 heavy (non-hydrogen) atoms. The minimum Gasteiger partial charge on any atom is -0.822 e. The maximum Gasteiger partial charge on any atom is 4.00 e. The van der Waals surface area contributed by atoms with Crippen LogP contribution in [0.5, 0.6) is 0 Å². The largest absolute Gasteiger partial charge is 4.00 e. The molecular weight excluding hydrogens is 1020 g/mol. The van der Waals surface area contributed by atoms with Crippen molar-refractivity contribution in [3.63, 3.8) is 0 Å². The Kier molecular flexibility index (Phi) is 77.9. The second-order valence-electron chi connectivity index (χ2n) is 2.68. The predicted molar refractivity (Wildman–Crippen MR) is 45.6 cm³/mol. The standard InChI is InChI=1S/3Ni.6H3O4P.3Zr/c;;;6*1-5(2,3)4;;;/h;;;6*(H3,1,2,3,4);;;/q3*+2;;;;;;;3*+4/p-18.